The molecule has 0 saturated carbocycles. The maximum atomic E-state index is 13.5. The Bertz CT molecular complexity index is 382. The molecule has 88 valence electrons. The van der Waals surface area contributed by atoms with Crippen molar-refractivity contribution in [2.24, 2.45) is 10.7 Å². The summed E-state index contributed by atoms with van der Waals surface area (Å²) in [4.78, 5) is 4.04. The maximum Gasteiger partial charge on any atom is 0.145 e. The number of rotatable bonds is 5. The van der Waals surface area contributed by atoms with E-state index < -0.39 is 5.82 Å². The third kappa shape index (κ3) is 3.79. The number of hydrogen-bond donors (Lipinski definition) is 1. The smallest absolute Gasteiger partial charge is 0.145 e. The van der Waals surface area contributed by atoms with Crippen molar-refractivity contribution in [3.05, 3.63) is 34.6 Å². The van der Waals surface area contributed by atoms with Crippen molar-refractivity contribution < 1.29 is 9.13 Å². The number of methoxy groups -OCH3 is 1. The summed E-state index contributed by atoms with van der Waals surface area (Å²) >= 11 is 5.65. The van der Waals surface area contributed by atoms with Crippen molar-refractivity contribution in [2.75, 3.05) is 20.3 Å². The van der Waals surface area contributed by atoms with Crippen LogP contribution in [0.3, 0.4) is 0 Å². The Morgan fingerprint density at radius 1 is 1.56 bits per heavy atom. The third-order valence-corrected chi connectivity index (χ3v) is 2.31. The lowest BCUT2D eigenvalue weighted by molar-refractivity contribution is 0.208. The molecule has 16 heavy (non-hydrogen) atoms. The molecule has 0 fully saturated rings. The molecule has 1 aromatic rings. The zero-order valence-corrected chi connectivity index (χ0v) is 9.80. The molecule has 0 aliphatic heterocycles. The van der Waals surface area contributed by atoms with Crippen molar-refractivity contribution >= 4 is 17.4 Å². The molecule has 0 atom stereocenters. The number of halogens is 2. The van der Waals surface area contributed by atoms with Crippen LogP contribution in [-0.4, -0.2) is 26.1 Å². The average molecular weight is 245 g/mol. The van der Waals surface area contributed by atoms with Gasteiger partial charge in [0, 0.05) is 13.5 Å². The molecule has 0 aliphatic rings. The number of nitrogens with two attached hydrogens (primary N) is 1. The highest BCUT2D eigenvalue weighted by Gasteiger charge is 2.07. The van der Waals surface area contributed by atoms with Crippen LogP contribution >= 0.6 is 11.6 Å². The zero-order valence-electron chi connectivity index (χ0n) is 9.04. The number of hydrogen-bond acceptors (Lipinski definition) is 2. The summed E-state index contributed by atoms with van der Waals surface area (Å²) in [6.07, 6.45) is 0.260. The van der Waals surface area contributed by atoms with Gasteiger partial charge in [-0.1, -0.05) is 23.7 Å². The standard InChI is InChI=1S/C11H14ClFN2O/c1-16-6-5-15-10(14)7-8-3-2-4-9(12)11(8)13/h2-4H,5-7H2,1H3,(H2,14,15). The van der Waals surface area contributed by atoms with E-state index in [1.165, 1.54) is 6.07 Å². The maximum absolute atomic E-state index is 13.5. The average Bonchev–Trinajstić information content (AvgIpc) is 2.25. The summed E-state index contributed by atoms with van der Waals surface area (Å²) in [5, 5.41) is 0.0993. The van der Waals surface area contributed by atoms with E-state index in [1.807, 2.05) is 0 Å². The molecule has 0 radical (unpaired) electrons. The van der Waals surface area contributed by atoms with E-state index in [-0.39, 0.29) is 11.4 Å². The van der Waals surface area contributed by atoms with Gasteiger partial charge in [0.25, 0.3) is 0 Å². The molecule has 0 heterocycles. The lowest BCUT2D eigenvalue weighted by Crippen LogP contribution is -2.17. The molecule has 0 aliphatic carbocycles. The van der Waals surface area contributed by atoms with Gasteiger partial charge < -0.3 is 10.5 Å². The van der Waals surface area contributed by atoms with E-state index in [2.05, 4.69) is 4.99 Å². The quantitative estimate of drug-likeness (QED) is 0.489. The van der Waals surface area contributed by atoms with Crippen LogP contribution in [0.5, 0.6) is 0 Å². The van der Waals surface area contributed by atoms with Crippen LogP contribution in [-0.2, 0) is 11.2 Å². The second-order valence-corrected chi connectivity index (χ2v) is 3.66. The first-order valence-electron chi connectivity index (χ1n) is 4.85. The van der Waals surface area contributed by atoms with Crippen molar-refractivity contribution in [2.45, 2.75) is 6.42 Å². The molecule has 0 saturated heterocycles. The lowest BCUT2D eigenvalue weighted by Gasteiger charge is -2.04. The monoisotopic (exact) mass is 244 g/mol. The highest BCUT2D eigenvalue weighted by molar-refractivity contribution is 6.30. The summed E-state index contributed by atoms with van der Waals surface area (Å²) in [6.45, 7) is 0.975. The lowest BCUT2D eigenvalue weighted by atomic mass is 10.1. The second kappa shape index (κ2) is 6.45. The molecule has 0 spiro atoms. The fraction of sp³-hybridized carbons (Fsp3) is 0.364. The van der Waals surface area contributed by atoms with Gasteiger partial charge in [-0.25, -0.2) is 4.39 Å². The summed E-state index contributed by atoms with van der Waals surface area (Å²) in [7, 11) is 1.59. The largest absolute Gasteiger partial charge is 0.387 e. The van der Waals surface area contributed by atoms with Crippen LogP contribution in [0.2, 0.25) is 5.02 Å². The molecule has 1 rings (SSSR count). The molecule has 5 heteroatoms. The van der Waals surface area contributed by atoms with E-state index >= 15 is 0 Å². The van der Waals surface area contributed by atoms with E-state index in [0.717, 1.165) is 0 Å². The van der Waals surface area contributed by atoms with Crippen molar-refractivity contribution in [1.29, 1.82) is 0 Å². The van der Waals surface area contributed by atoms with Gasteiger partial charge in [-0.3, -0.25) is 4.99 Å². The molecule has 3 nitrogen and oxygen atoms in total. The van der Waals surface area contributed by atoms with Gasteiger partial charge in [0.05, 0.1) is 24.0 Å². The summed E-state index contributed by atoms with van der Waals surface area (Å²) in [5.74, 6) is -0.0627. The molecular formula is C11H14ClFN2O. The summed E-state index contributed by atoms with van der Waals surface area (Å²) < 4.78 is 18.3. The molecule has 0 unspecified atom stereocenters. The van der Waals surface area contributed by atoms with Crippen molar-refractivity contribution in [3.8, 4) is 0 Å². The Hall–Kier alpha value is -1.13. The number of nitrogens with zero attached hydrogens (tertiary/aromatic N) is 1. The second-order valence-electron chi connectivity index (χ2n) is 3.26. The third-order valence-electron chi connectivity index (χ3n) is 2.01. The van der Waals surface area contributed by atoms with Gasteiger partial charge in [-0.05, 0) is 11.6 Å². The minimum atomic E-state index is -0.436. The normalized spacial score (nSPS) is 11.8. The highest BCUT2D eigenvalue weighted by atomic mass is 35.5. The van der Waals surface area contributed by atoms with Gasteiger partial charge in [0.1, 0.15) is 5.82 Å². The molecular weight excluding hydrogens is 231 g/mol. The fourth-order valence-electron chi connectivity index (χ4n) is 1.22. The molecule has 0 amide bonds. The van der Waals surface area contributed by atoms with Crippen LogP contribution < -0.4 is 5.73 Å². The van der Waals surface area contributed by atoms with Crippen LogP contribution in [0.15, 0.2) is 23.2 Å². The van der Waals surface area contributed by atoms with Crippen molar-refractivity contribution in [1.82, 2.24) is 0 Å². The van der Waals surface area contributed by atoms with E-state index in [9.17, 15) is 4.39 Å². The summed E-state index contributed by atoms with van der Waals surface area (Å²) in [6, 6.07) is 4.82. The fourth-order valence-corrected chi connectivity index (χ4v) is 1.41. The first kappa shape index (κ1) is 12.9. The Balaban J connectivity index is 2.66. The van der Waals surface area contributed by atoms with E-state index in [1.54, 1.807) is 19.2 Å². The van der Waals surface area contributed by atoms with Crippen LogP contribution in [0.1, 0.15) is 5.56 Å². The minimum Gasteiger partial charge on any atom is -0.387 e. The van der Waals surface area contributed by atoms with E-state index in [0.29, 0.717) is 24.6 Å². The Morgan fingerprint density at radius 2 is 2.31 bits per heavy atom. The number of amidine groups is 1. The molecule has 2 N–H and O–H groups in total. The topological polar surface area (TPSA) is 47.6 Å². The molecule has 0 aromatic heterocycles. The number of ether oxygens (including phenoxy) is 1. The Labute approximate surface area is 99.1 Å². The van der Waals surface area contributed by atoms with Gasteiger partial charge in [0.15, 0.2) is 0 Å². The molecule has 1 aromatic carbocycles. The van der Waals surface area contributed by atoms with Gasteiger partial charge in [-0.15, -0.1) is 0 Å². The highest BCUT2D eigenvalue weighted by Crippen LogP contribution is 2.18. The Morgan fingerprint density at radius 3 is 3.00 bits per heavy atom. The zero-order chi connectivity index (χ0) is 12.0. The van der Waals surface area contributed by atoms with Crippen LogP contribution in [0, 0.1) is 5.82 Å². The predicted octanol–water partition coefficient (Wildman–Crippen LogP) is 2.03. The first-order chi connectivity index (χ1) is 7.65. The van der Waals surface area contributed by atoms with Crippen molar-refractivity contribution in [3.63, 3.8) is 0 Å². The summed E-state index contributed by atoms with van der Waals surface area (Å²) in [5.41, 5.74) is 6.10. The van der Waals surface area contributed by atoms with Gasteiger partial charge >= 0.3 is 0 Å². The Kier molecular flexibility index (Phi) is 5.22. The minimum absolute atomic E-state index is 0.0993. The number of aliphatic imine (C=N–C) groups is 1. The SMILES string of the molecule is COCCN=C(N)Cc1cccc(Cl)c1F. The van der Waals surface area contributed by atoms with Crippen LogP contribution in [0.4, 0.5) is 4.39 Å². The number of benzene rings is 1. The van der Waals surface area contributed by atoms with Crippen LogP contribution in [0.25, 0.3) is 0 Å². The van der Waals surface area contributed by atoms with Gasteiger partial charge in [0.2, 0.25) is 0 Å². The predicted molar refractivity (Wildman–Crippen MR) is 63.5 cm³/mol. The van der Waals surface area contributed by atoms with E-state index in [4.69, 9.17) is 22.1 Å². The van der Waals surface area contributed by atoms with Gasteiger partial charge in [-0.2, -0.15) is 0 Å². The molecule has 0 bridgehead atoms. The first-order valence-corrected chi connectivity index (χ1v) is 5.23.